The fourth-order valence-corrected chi connectivity index (χ4v) is 3.30. The van der Waals surface area contributed by atoms with Crippen LogP contribution in [-0.4, -0.2) is 37.2 Å². The van der Waals surface area contributed by atoms with Crippen LogP contribution in [0.2, 0.25) is 0 Å². The summed E-state index contributed by atoms with van der Waals surface area (Å²) in [4.78, 5) is 0. The molecule has 0 bridgehead atoms. The van der Waals surface area contributed by atoms with Gasteiger partial charge in [0, 0.05) is 55.5 Å². The van der Waals surface area contributed by atoms with E-state index in [2.05, 4.69) is 23.5 Å². The van der Waals surface area contributed by atoms with Crippen LogP contribution >= 0.6 is 0 Å². The summed E-state index contributed by atoms with van der Waals surface area (Å²) in [7, 11) is 3.35. The molecule has 25 heavy (non-hydrogen) atoms. The second kappa shape index (κ2) is 8.36. The predicted molar refractivity (Wildman–Crippen MR) is 96.0 cm³/mol. The molecule has 0 aliphatic carbocycles. The van der Waals surface area contributed by atoms with Gasteiger partial charge in [-0.3, -0.25) is 4.68 Å². The van der Waals surface area contributed by atoms with E-state index in [1.54, 1.807) is 14.2 Å². The van der Waals surface area contributed by atoms with Gasteiger partial charge in [0.15, 0.2) is 0 Å². The lowest BCUT2D eigenvalue weighted by atomic mass is 9.97. The molecular formula is C19H27N3O3. The summed E-state index contributed by atoms with van der Waals surface area (Å²) >= 11 is 0. The first-order valence-corrected chi connectivity index (χ1v) is 8.80. The number of hydrogen-bond acceptors (Lipinski definition) is 5. The Labute approximate surface area is 149 Å². The zero-order chi connectivity index (χ0) is 17.6. The van der Waals surface area contributed by atoms with E-state index < -0.39 is 0 Å². The van der Waals surface area contributed by atoms with Crippen molar-refractivity contribution in [1.29, 1.82) is 0 Å². The summed E-state index contributed by atoms with van der Waals surface area (Å²) in [5.41, 5.74) is 2.30. The van der Waals surface area contributed by atoms with Gasteiger partial charge in [-0.2, -0.15) is 5.10 Å². The molecule has 0 spiro atoms. The summed E-state index contributed by atoms with van der Waals surface area (Å²) in [5.74, 6) is 2.10. The van der Waals surface area contributed by atoms with Crippen molar-refractivity contribution >= 4 is 0 Å². The number of aromatic nitrogens is 2. The molecule has 2 heterocycles. The number of methoxy groups -OCH3 is 2. The Kier molecular flexibility index (Phi) is 5.94. The van der Waals surface area contributed by atoms with E-state index in [1.165, 1.54) is 5.56 Å². The Hall–Kier alpha value is -2.05. The van der Waals surface area contributed by atoms with Gasteiger partial charge < -0.3 is 19.5 Å². The summed E-state index contributed by atoms with van der Waals surface area (Å²) in [6.45, 7) is 5.43. The smallest absolute Gasteiger partial charge is 0.127 e. The molecule has 136 valence electrons. The van der Waals surface area contributed by atoms with Gasteiger partial charge >= 0.3 is 0 Å². The maximum absolute atomic E-state index is 5.95. The van der Waals surface area contributed by atoms with Crippen molar-refractivity contribution in [2.45, 2.75) is 32.5 Å². The van der Waals surface area contributed by atoms with Gasteiger partial charge in [-0.15, -0.1) is 0 Å². The Morgan fingerprint density at radius 3 is 2.92 bits per heavy atom. The maximum Gasteiger partial charge on any atom is 0.127 e. The number of hydrogen-bond donors (Lipinski definition) is 1. The van der Waals surface area contributed by atoms with Gasteiger partial charge in [-0.25, -0.2) is 0 Å². The second-order valence-electron chi connectivity index (χ2n) is 6.28. The van der Waals surface area contributed by atoms with Crippen molar-refractivity contribution in [3.05, 3.63) is 41.7 Å². The fraction of sp³-hybridized carbons (Fsp3) is 0.526. The number of rotatable bonds is 8. The summed E-state index contributed by atoms with van der Waals surface area (Å²) in [6, 6.07) is 5.91. The molecule has 6 nitrogen and oxygen atoms in total. The number of benzene rings is 1. The average molecular weight is 345 g/mol. The van der Waals surface area contributed by atoms with E-state index in [4.69, 9.17) is 14.2 Å². The summed E-state index contributed by atoms with van der Waals surface area (Å²) in [6.07, 6.45) is 5.22. The normalized spacial score (nSPS) is 20.0. The number of aryl methyl sites for hydroxylation is 1. The Morgan fingerprint density at radius 2 is 2.20 bits per heavy atom. The van der Waals surface area contributed by atoms with Gasteiger partial charge in [0.1, 0.15) is 11.5 Å². The van der Waals surface area contributed by atoms with Crippen LogP contribution in [0.5, 0.6) is 11.5 Å². The predicted octanol–water partition coefficient (Wildman–Crippen LogP) is 2.79. The molecule has 2 aromatic rings. The molecule has 0 radical (unpaired) electrons. The fourth-order valence-electron chi connectivity index (χ4n) is 3.30. The van der Waals surface area contributed by atoms with Crippen molar-refractivity contribution in [3.8, 4) is 11.5 Å². The lowest BCUT2D eigenvalue weighted by Gasteiger charge is -2.18. The highest BCUT2D eigenvalue weighted by molar-refractivity contribution is 5.40. The van der Waals surface area contributed by atoms with Gasteiger partial charge in [-0.05, 0) is 19.4 Å². The summed E-state index contributed by atoms with van der Waals surface area (Å²) < 4.78 is 18.6. The molecule has 6 heteroatoms. The van der Waals surface area contributed by atoms with Crippen LogP contribution in [0.15, 0.2) is 30.6 Å². The van der Waals surface area contributed by atoms with E-state index in [1.807, 2.05) is 29.1 Å². The van der Waals surface area contributed by atoms with Crippen LogP contribution in [0.1, 0.15) is 30.6 Å². The van der Waals surface area contributed by atoms with Gasteiger partial charge in [0.05, 0.1) is 26.5 Å². The third-order valence-corrected chi connectivity index (χ3v) is 4.74. The van der Waals surface area contributed by atoms with Crippen molar-refractivity contribution < 1.29 is 14.2 Å². The monoisotopic (exact) mass is 345 g/mol. The van der Waals surface area contributed by atoms with Gasteiger partial charge in [0.2, 0.25) is 0 Å². The first-order chi connectivity index (χ1) is 12.2. The van der Waals surface area contributed by atoms with Gasteiger partial charge in [0.25, 0.3) is 0 Å². The first kappa shape index (κ1) is 17.8. The molecule has 1 aliphatic rings. The molecule has 1 aliphatic heterocycles. The third kappa shape index (κ3) is 4.14. The summed E-state index contributed by atoms with van der Waals surface area (Å²) in [5, 5.41) is 7.92. The van der Waals surface area contributed by atoms with Crippen LogP contribution in [0, 0.1) is 5.92 Å². The van der Waals surface area contributed by atoms with Crippen molar-refractivity contribution in [2.24, 2.45) is 5.92 Å². The molecule has 1 N–H and O–H groups in total. The molecule has 1 aromatic carbocycles. The lowest BCUT2D eigenvalue weighted by molar-refractivity contribution is 0.0903. The number of nitrogens with one attached hydrogen (secondary N) is 1. The minimum Gasteiger partial charge on any atom is -0.497 e. The van der Waals surface area contributed by atoms with Crippen LogP contribution in [0.25, 0.3) is 0 Å². The zero-order valence-corrected chi connectivity index (χ0v) is 15.2. The molecule has 2 unspecified atom stereocenters. The lowest BCUT2D eigenvalue weighted by Crippen LogP contribution is -2.24. The molecular weight excluding hydrogens is 318 g/mol. The largest absolute Gasteiger partial charge is 0.497 e. The van der Waals surface area contributed by atoms with Crippen molar-refractivity contribution in [3.63, 3.8) is 0 Å². The maximum atomic E-state index is 5.95. The zero-order valence-electron chi connectivity index (χ0n) is 15.2. The van der Waals surface area contributed by atoms with Crippen LogP contribution in [-0.2, 0) is 17.8 Å². The van der Waals surface area contributed by atoms with Crippen LogP contribution in [0.3, 0.4) is 0 Å². The van der Waals surface area contributed by atoms with E-state index >= 15 is 0 Å². The second-order valence-corrected chi connectivity index (χ2v) is 6.28. The van der Waals surface area contributed by atoms with Crippen molar-refractivity contribution in [1.82, 2.24) is 15.1 Å². The van der Waals surface area contributed by atoms with Crippen LogP contribution in [0.4, 0.5) is 0 Å². The quantitative estimate of drug-likeness (QED) is 0.797. The highest BCUT2D eigenvalue weighted by atomic mass is 16.5. The number of nitrogens with zero attached hydrogens (tertiary/aromatic N) is 2. The Balaban J connectivity index is 1.58. The number of ether oxygens (including phenoxy) is 3. The topological polar surface area (TPSA) is 57.5 Å². The molecule has 0 saturated carbocycles. The molecule has 3 rings (SSSR count). The Morgan fingerprint density at radius 1 is 1.32 bits per heavy atom. The van der Waals surface area contributed by atoms with E-state index in [-0.39, 0.29) is 6.10 Å². The molecule has 0 amide bonds. The molecule has 1 aromatic heterocycles. The van der Waals surface area contributed by atoms with Gasteiger partial charge in [-0.1, -0.05) is 6.07 Å². The SMILES string of the molecule is CCn1cc(C2OCCC2CNCc2ccc(OC)cc2OC)cn1. The first-order valence-electron chi connectivity index (χ1n) is 8.80. The Bertz CT molecular complexity index is 686. The molecule has 1 saturated heterocycles. The van der Waals surface area contributed by atoms with E-state index in [0.29, 0.717) is 5.92 Å². The standard InChI is InChI=1S/C19H27N3O3/c1-4-22-13-16(12-21-22)19-15(7-8-25-19)11-20-10-14-5-6-17(23-2)9-18(14)24-3/h5-6,9,12-13,15,19-20H,4,7-8,10-11H2,1-3H3. The molecule has 1 fully saturated rings. The third-order valence-electron chi connectivity index (χ3n) is 4.74. The highest BCUT2D eigenvalue weighted by Gasteiger charge is 2.30. The van der Waals surface area contributed by atoms with Crippen LogP contribution < -0.4 is 14.8 Å². The van der Waals surface area contributed by atoms with Crippen molar-refractivity contribution in [2.75, 3.05) is 27.4 Å². The van der Waals surface area contributed by atoms with E-state index in [0.717, 1.165) is 49.7 Å². The minimum atomic E-state index is 0.130. The van der Waals surface area contributed by atoms with E-state index in [9.17, 15) is 0 Å². The minimum absolute atomic E-state index is 0.130. The molecule has 2 atom stereocenters. The highest BCUT2D eigenvalue weighted by Crippen LogP contribution is 2.34. The average Bonchev–Trinajstić information content (AvgIpc) is 3.30.